The summed E-state index contributed by atoms with van der Waals surface area (Å²) in [7, 11) is 0. The number of likely N-dealkylation sites (tertiary alicyclic amines) is 1. The number of benzene rings is 1. The van der Waals surface area contributed by atoms with Gasteiger partial charge in [0.25, 0.3) is 5.91 Å². The summed E-state index contributed by atoms with van der Waals surface area (Å²) >= 11 is 1.06. The smallest absolute Gasteiger partial charge is 0.367 e. The number of aromatic nitrogens is 4. The third kappa shape index (κ3) is 7.36. The van der Waals surface area contributed by atoms with Crippen molar-refractivity contribution >= 4 is 44.2 Å². The Balaban J connectivity index is 0.983. The van der Waals surface area contributed by atoms with Gasteiger partial charge in [-0.3, -0.25) is 14.5 Å². The second-order valence-corrected chi connectivity index (χ2v) is 15.1. The molecule has 2 aliphatic rings. The number of anilines is 1. The van der Waals surface area contributed by atoms with Crippen molar-refractivity contribution in [1.82, 2.24) is 29.7 Å². The van der Waals surface area contributed by atoms with Crippen molar-refractivity contribution in [3.63, 3.8) is 0 Å². The number of amides is 1. The van der Waals surface area contributed by atoms with Gasteiger partial charge < -0.3 is 20.2 Å². The lowest BCUT2D eigenvalue weighted by Crippen LogP contribution is -2.52. The largest absolute Gasteiger partial charge is 0.393 e. The van der Waals surface area contributed by atoms with Crippen LogP contribution in [0.5, 0.6) is 0 Å². The molecule has 0 unspecified atom stereocenters. The molecule has 0 atom stereocenters. The normalized spacial score (nSPS) is 20.0. The van der Waals surface area contributed by atoms with E-state index >= 15 is 0 Å². The molecule has 1 saturated carbocycles. The number of carbonyl (C=O) groups excluding carboxylic acids is 1. The first kappa shape index (κ1) is 34.7. The predicted molar refractivity (Wildman–Crippen MR) is 191 cm³/mol. The first-order valence-corrected chi connectivity index (χ1v) is 18.1. The molecule has 14 heteroatoms. The molecule has 0 radical (unpaired) electrons. The van der Waals surface area contributed by atoms with Crippen LogP contribution >= 0.6 is 11.3 Å². The lowest BCUT2D eigenvalue weighted by atomic mass is 9.63. The highest BCUT2D eigenvalue weighted by Gasteiger charge is 2.44. The van der Waals surface area contributed by atoms with Gasteiger partial charge in [-0.2, -0.15) is 18.4 Å². The summed E-state index contributed by atoms with van der Waals surface area (Å²) in [5, 5.41) is 18.3. The Labute approximate surface area is 296 Å². The second kappa shape index (κ2) is 13.8. The number of rotatable bonds is 10. The fraction of sp³-hybridized carbons (Fsp3) is 0.432. The third-order valence-corrected chi connectivity index (χ3v) is 11.7. The molecule has 1 aliphatic heterocycles. The lowest BCUT2D eigenvalue weighted by molar-refractivity contribution is -0.126. The first-order valence-electron chi connectivity index (χ1n) is 17.2. The number of piperidine rings is 1. The second-order valence-electron chi connectivity index (χ2n) is 14.0. The zero-order valence-corrected chi connectivity index (χ0v) is 29.3. The minimum absolute atomic E-state index is 0.00469. The van der Waals surface area contributed by atoms with E-state index in [1.807, 2.05) is 6.07 Å². The fourth-order valence-electron chi connectivity index (χ4n) is 7.73. The van der Waals surface area contributed by atoms with Gasteiger partial charge in [0.05, 0.1) is 11.8 Å². The maximum absolute atomic E-state index is 13.0. The van der Waals surface area contributed by atoms with Crippen LogP contribution in [0, 0.1) is 23.7 Å². The van der Waals surface area contributed by atoms with Crippen LogP contribution in [-0.2, 0) is 19.5 Å². The van der Waals surface area contributed by atoms with E-state index in [4.69, 9.17) is 0 Å². The van der Waals surface area contributed by atoms with Gasteiger partial charge in [0.2, 0.25) is 5.56 Å². The molecule has 2 fully saturated rings. The number of aromatic amines is 1. The molecule has 1 saturated heterocycles. The van der Waals surface area contributed by atoms with E-state index in [1.165, 1.54) is 18.0 Å². The predicted octanol–water partition coefficient (Wildman–Crippen LogP) is 6.68. The van der Waals surface area contributed by atoms with Gasteiger partial charge in [0.1, 0.15) is 34.4 Å². The summed E-state index contributed by atoms with van der Waals surface area (Å²) in [4.78, 5) is 38.7. The summed E-state index contributed by atoms with van der Waals surface area (Å²) in [6.45, 7) is 7.43. The van der Waals surface area contributed by atoms with E-state index < -0.39 is 12.6 Å². The van der Waals surface area contributed by atoms with E-state index in [2.05, 4.69) is 67.1 Å². The number of fused-ring (bicyclic) bond motifs is 2. The third-order valence-electron chi connectivity index (χ3n) is 10.6. The summed E-state index contributed by atoms with van der Waals surface area (Å²) in [6.07, 6.45) is 0.369. The average Bonchev–Trinajstić information content (AvgIpc) is 3.66. The molecular formula is C37H39F3N8O2S. The van der Waals surface area contributed by atoms with Crippen molar-refractivity contribution in [2.24, 2.45) is 5.41 Å². The van der Waals surface area contributed by atoms with E-state index in [9.17, 15) is 28.0 Å². The molecule has 4 aromatic heterocycles. The molecule has 5 heterocycles. The van der Waals surface area contributed by atoms with Crippen molar-refractivity contribution < 1.29 is 18.0 Å². The van der Waals surface area contributed by atoms with E-state index in [1.54, 1.807) is 18.2 Å². The molecule has 7 rings (SSSR count). The lowest BCUT2D eigenvalue weighted by Gasteiger charge is -2.48. The number of thiophene rings is 1. The summed E-state index contributed by atoms with van der Waals surface area (Å²) in [6, 6.07) is 14.9. The quantitative estimate of drug-likeness (QED) is 0.147. The van der Waals surface area contributed by atoms with Crippen LogP contribution in [0.1, 0.15) is 71.2 Å². The fourth-order valence-corrected chi connectivity index (χ4v) is 8.75. The summed E-state index contributed by atoms with van der Waals surface area (Å²) < 4.78 is 41.1. The van der Waals surface area contributed by atoms with Crippen molar-refractivity contribution in [2.75, 3.05) is 18.4 Å². The number of hydrogen-bond acceptors (Lipinski definition) is 8. The molecule has 1 amide bonds. The average molecular weight is 717 g/mol. The minimum atomic E-state index is -4.27. The molecule has 51 heavy (non-hydrogen) atoms. The Morgan fingerprint density at radius 3 is 2.61 bits per heavy atom. The molecule has 0 bridgehead atoms. The van der Waals surface area contributed by atoms with Crippen molar-refractivity contribution in [2.45, 2.75) is 83.7 Å². The molecular weight excluding hydrogens is 678 g/mol. The van der Waals surface area contributed by atoms with Crippen LogP contribution in [0.15, 0.2) is 53.6 Å². The SMILES string of the molecule is CCC1(Cn2c(C#N)cc3c(C)c(CN4CCC(Nc5ncnc6sc(CC(F)(F)F)cc56)CC4)ccc32)CC(NC(=O)c2cccc(=O)[nH]2)C1. The van der Waals surface area contributed by atoms with Crippen LogP contribution in [0.2, 0.25) is 0 Å². The van der Waals surface area contributed by atoms with Crippen LogP contribution in [-0.4, -0.2) is 61.7 Å². The van der Waals surface area contributed by atoms with Gasteiger partial charge in [0.15, 0.2) is 0 Å². The van der Waals surface area contributed by atoms with Crippen LogP contribution in [0.4, 0.5) is 19.0 Å². The highest BCUT2D eigenvalue weighted by atomic mass is 32.1. The Kier molecular flexibility index (Phi) is 9.36. The number of nitrogens with zero attached hydrogens (tertiary/aromatic N) is 5. The van der Waals surface area contributed by atoms with Gasteiger partial charge >= 0.3 is 6.18 Å². The van der Waals surface area contributed by atoms with E-state index in [-0.39, 0.29) is 39.5 Å². The number of nitrogens with one attached hydrogen (secondary N) is 3. The highest BCUT2D eigenvalue weighted by Crippen LogP contribution is 2.46. The molecule has 10 nitrogen and oxygen atoms in total. The molecule has 5 aromatic rings. The van der Waals surface area contributed by atoms with Gasteiger partial charge in [-0.1, -0.05) is 19.1 Å². The molecule has 0 spiro atoms. The van der Waals surface area contributed by atoms with Gasteiger partial charge in [-0.05, 0) is 79.8 Å². The van der Waals surface area contributed by atoms with E-state index in [0.717, 1.165) is 79.5 Å². The van der Waals surface area contributed by atoms with Crippen molar-refractivity contribution in [1.29, 1.82) is 5.26 Å². The van der Waals surface area contributed by atoms with Gasteiger partial charge in [0, 0.05) is 60.1 Å². The zero-order chi connectivity index (χ0) is 35.9. The Morgan fingerprint density at radius 2 is 1.90 bits per heavy atom. The number of halogens is 3. The standard InChI is InChI=1S/C37H39F3N8O2S/c1-3-36(15-25(16-36)45-34(50)30-5-4-6-32(49)46-30)20-48-26(18-41)13-28-22(2)23(7-8-31(28)48)19-47-11-9-24(10-12-47)44-33-29-14-27(17-37(38,39)40)51-35(29)43-21-42-33/h4-8,13-14,21,24-25H,3,9-12,15-17,19-20H2,1-2H3,(H,45,50)(H,46,49)(H,42,43,44). The monoisotopic (exact) mass is 716 g/mol. The Morgan fingerprint density at radius 1 is 1.12 bits per heavy atom. The molecule has 1 aliphatic carbocycles. The van der Waals surface area contributed by atoms with E-state index in [0.29, 0.717) is 28.3 Å². The van der Waals surface area contributed by atoms with Gasteiger partial charge in [-0.25, -0.2) is 9.97 Å². The Hall–Kier alpha value is -4.74. The number of nitriles is 1. The number of alkyl halides is 3. The van der Waals surface area contributed by atoms with Crippen molar-refractivity contribution in [3.05, 3.63) is 86.5 Å². The van der Waals surface area contributed by atoms with Gasteiger partial charge in [-0.15, -0.1) is 11.3 Å². The topological polar surface area (TPSA) is 132 Å². The van der Waals surface area contributed by atoms with Crippen LogP contribution < -0.4 is 16.2 Å². The molecule has 1 aromatic carbocycles. The minimum Gasteiger partial charge on any atom is -0.367 e. The van der Waals surface area contributed by atoms with Crippen LogP contribution in [0.25, 0.3) is 21.1 Å². The maximum atomic E-state index is 13.0. The molecule has 3 N–H and O–H groups in total. The highest BCUT2D eigenvalue weighted by molar-refractivity contribution is 7.18. The number of pyridine rings is 1. The van der Waals surface area contributed by atoms with Crippen LogP contribution in [0.3, 0.4) is 0 Å². The maximum Gasteiger partial charge on any atom is 0.393 e. The molecule has 266 valence electrons. The Bertz CT molecular complexity index is 2190. The first-order chi connectivity index (χ1) is 24.4. The number of aryl methyl sites for hydroxylation is 1. The van der Waals surface area contributed by atoms with Crippen molar-refractivity contribution in [3.8, 4) is 6.07 Å². The number of H-pyrrole nitrogens is 1. The zero-order valence-electron chi connectivity index (χ0n) is 28.4. The summed E-state index contributed by atoms with van der Waals surface area (Å²) in [5.74, 6) is 0.293. The number of hydrogen-bond donors (Lipinski definition) is 3. The number of carbonyl (C=O) groups is 1. The summed E-state index contributed by atoms with van der Waals surface area (Å²) in [5.41, 5.74) is 3.88.